The first-order chi connectivity index (χ1) is 11.2. The molecule has 1 heterocycles. The lowest BCUT2D eigenvalue weighted by Crippen LogP contribution is -2.37. The fourth-order valence-electron chi connectivity index (χ4n) is 3.03. The summed E-state index contributed by atoms with van der Waals surface area (Å²) in [5, 5.41) is 0. The van der Waals surface area contributed by atoms with Crippen LogP contribution in [0.1, 0.15) is 40.4 Å². The van der Waals surface area contributed by atoms with E-state index in [2.05, 4.69) is 26.0 Å². The van der Waals surface area contributed by atoms with Crippen LogP contribution in [0.15, 0.2) is 42.5 Å². The van der Waals surface area contributed by atoms with Gasteiger partial charge in [0.2, 0.25) is 0 Å². The zero-order valence-electron chi connectivity index (χ0n) is 13.8. The van der Waals surface area contributed by atoms with E-state index >= 15 is 0 Å². The van der Waals surface area contributed by atoms with Crippen LogP contribution in [-0.4, -0.2) is 24.0 Å². The predicted octanol–water partition coefficient (Wildman–Crippen LogP) is 3.98. The summed E-state index contributed by atoms with van der Waals surface area (Å²) < 4.78 is 5.80. The van der Waals surface area contributed by atoms with Gasteiger partial charge in [-0.15, -0.1) is 0 Å². The molecule has 1 aliphatic heterocycles. The Hall–Kier alpha value is -2.29. The van der Waals surface area contributed by atoms with Crippen LogP contribution in [0.4, 0.5) is 0 Å². The molecule has 0 saturated carbocycles. The van der Waals surface area contributed by atoms with E-state index in [1.807, 2.05) is 35.2 Å². The highest BCUT2D eigenvalue weighted by Gasteiger charge is 2.26. The van der Waals surface area contributed by atoms with E-state index in [1.165, 1.54) is 11.1 Å². The molecule has 3 heteroatoms. The minimum atomic E-state index is 0.108. The van der Waals surface area contributed by atoms with Gasteiger partial charge in [-0.05, 0) is 43.0 Å². The van der Waals surface area contributed by atoms with Crippen LogP contribution in [-0.2, 0) is 13.0 Å². The van der Waals surface area contributed by atoms with Gasteiger partial charge in [0.05, 0.1) is 6.61 Å². The first-order valence-corrected chi connectivity index (χ1v) is 8.29. The summed E-state index contributed by atoms with van der Waals surface area (Å²) in [6.07, 6.45) is 1.82. The molecule has 1 aliphatic rings. The van der Waals surface area contributed by atoms with Crippen molar-refractivity contribution in [1.29, 1.82) is 0 Å². The molecule has 0 unspecified atom stereocenters. The van der Waals surface area contributed by atoms with E-state index < -0.39 is 0 Å². The lowest BCUT2D eigenvalue weighted by molar-refractivity contribution is 0.0725. The average molecular weight is 309 g/mol. The molecule has 0 spiro atoms. The third-order valence-corrected chi connectivity index (χ3v) is 4.37. The van der Waals surface area contributed by atoms with Crippen molar-refractivity contribution in [2.45, 2.75) is 33.2 Å². The molecule has 0 atom stereocenters. The maximum Gasteiger partial charge on any atom is 0.254 e. The number of aryl methyl sites for hydroxylation is 1. The molecule has 0 aromatic heterocycles. The Bertz CT molecular complexity index is 709. The number of ether oxygens (including phenoxy) is 1. The lowest BCUT2D eigenvalue weighted by Gasteiger charge is -2.30. The van der Waals surface area contributed by atoms with E-state index in [1.54, 1.807) is 0 Å². The highest BCUT2D eigenvalue weighted by atomic mass is 16.5. The van der Waals surface area contributed by atoms with Crippen LogP contribution in [0, 0.1) is 6.92 Å². The topological polar surface area (TPSA) is 29.5 Å². The molecular weight excluding hydrogens is 286 g/mol. The summed E-state index contributed by atoms with van der Waals surface area (Å²) in [5.41, 5.74) is 4.29. The predicted molar refractivity (Wildman–Crippen MR) is 91.9 cm³/mol. The molecule has 0 fully saturated rings. The first kappa shape index (κ1) is 15.6. The van der Waals surface area contributed by atoms with Gasteiger partial charge >= 0.3 is 0 Å². The second-order valence-corrected chi connectivity index (χ2v) is 6.03. The summed E-state index contributed by atoms with van der Waals surface area (Å²) in [6, 6.07) is 14.1. The van der Waals surface area contributed by atoms with E-state index in [9.17, 15) is 4.79 Å². The van der Waals surface area contributed by atoms with Crippen LogP contribution >= 0.6 is 0 Å². The summed E-state index contributed by atoms with van der Waals surface area (Å²) in [6.45, 7) is 6.29. The maximum absolute atomic E-state index is 12.8. The van der Waals surface area contributed by atoms with Crippen molar-refractivity contribution in [1.82, 2.24) is 4.90 Å². The molecular formula is C20H23NO2. The first-order valence-electron chi connectivity index (χ1n) is 8.29. The van der Waals surface area contributed by atoms with E-state index in [0.717, 1.165) is 36.3 Å². The quantitative estimate of drug-likeness (QED) is 0.836. The fraction of sp³-hybridized carbons (Fsp3) is 0.350. The number of hydrogen-bond acceptors (Lipinski definition) is 2. The number of nitrogens with zero attached hydrogens (tertiary/aromatic N) is 1. The summed E-state index contributed by atoms with van der Waals surface area (Å²) in [7, 11) is 0. The zero-order valence-corrected chi connectivity index (χ0v) is 13.8. The molecule has 3 nitrogen and oxygen atoms in total. The number of carbonyl (C=O) groups excluding carboxylic acids is 1. The minimum absolute atomic E-state index is 0.108. The van der Waals surface area contributed by atoms with E-state index in [-0.39, 0.29) is 5.91 Å². The van der Waals surface area contributed by atoms with Crippen molar-refractivity contribution in [3.05, 3.63) is 64.7 Å². The SMILES string of the molecule is CCCOc1cccc2c1CCN(Cc1ccccc1C)C2=O. The normalized spacial score (nSPS) is 13.8. The Morgan fingerprint density at radius 3 is 2.74 bits per heavy atom. The van der Waals surface area contributed by atoms with E-state index in [0.29, 0.717) is 13.2 Å². The molecule has 1 amide bonds. The van der Waals surface area contributed by atoms with Crippen molar-refractivity contribution in [3.63, 3.8) is 0 Å². The van der Waals surface area contributed by atoms with Crippen LogP contribution in [0.25, 0.3) is 0 Å². The monoisotopic (exact) mass is 309 g/mol. The van der Waals surface area contributed by atoms with E-state index in [4.69, 9.17) is 4.74 Å². The van der Waals surface area contributed by atoms with Gasteiger partial charge in [-0.2, -0.15) is 0 Å². The maximum atomic E-state index is 12.8. The van der Waals surface area contributed by atoms with Crippen molar-refractivity contribution < 1.29 is 9.53 Å². The number of fused-ring (bicyclic) bond motifs is 1. The third kappa shape index (κ3) is 3.24. The molecule has 0 radical (unpaired) electrons. The molecule has 3 rings (SSSR count). The summed E-state index contributed by atoms with van der Waals surface area (Å²) >= 11 is 0. The Morgan fingerprint density at radius 1 is 1.13 bits per heavy atom. The highest BCUT2D eigenvalue weighted by molar-refractivity contribution is 5.97. The van der Waals surface area contributed by atoms with Gasteiger partial charge in [0, 0.05) is 24.2 Å². The molecule has 0 aliphatic carbocycles. The number of carbonyl (C=O) groups is 1. The Kier molecular flexibility index (Phi) is 4.65. The molecule has 0 bridgehead atoms. The summed E-state index contributed by atoms with van der Waals surface area (Å²) in [4.78, 5) is 14.8. The second kappa shape index (κ2) is 6.86. The molecule has 120 valence electrons. The Labute approximate surface area is 137 Å². The van der Waals surface area contributed by atoms with Gasteiger partial charge < -0.3 is 9.64 Å². The van der Waals surface area contributed by atoms with Crippen LogP contribution in [0.3, 0.4) is 0 Å². The average Bonchev–Trinajstić information content (AvgIpc) is 2.57. The zero-order chi connectivity index (χ0) is 16.2. The molecule has 2 aromatic carbocycles. The van der Waals surface area contributed by atoms with Crippen LogP contribution in [0.5, 0.6) is 5.75 Å². The van der Waals surface area contributed by atoms with Crippen LogP contribution < -0.4 is 4.74 Å². The fourth-order valence-corrected chi connectivity index (χ4v) is 3.03. The van der Waals surface area contributed by atoms with Crippen LogP contribution in [0.2, 0.25) is 0 Å². The Morgan fingerprint density at radius 2 is 1.96 bits per heavy atom. The Balaban J connectivity index is 1.82. The van der Waals surface area contributed by atoms with Gasteiger partial charge in [-0.25, -0.2) is 0 Å². The van der Waals surface area contributed by atoms with Crippen molar-refractivity contribution in [3.8, 4) is 5.75 Å². The van der Waals surface area contributed by atoms with Crippen molar-refractivity contribution >= 4 is 5.91 Å². The molecule has 0 N–H and O–H groups in total. The largest absolute Gasteiger partial charge is 0.493 e. The molecule has 23 heavy (non-hydrogen) atoms. The van der Waals surface area contributed by atoms with Gasteiger partial charge in [-0.1, -0.05) is 37.3 Å². The molecule has 0 saturated heterocycles. The number of hydrogen-bond donors (Lipinski definition) is 0. The van der Waals surface area contributed by atoms with Gasteiger partial charge in [0.1, 0.15) is 5.75 Å². The second-order valence-electron chi connectivity index (χ2n) is 6.03. The smallest absolute Gasteiger partial charge is 0.254 e. The minimum Gasteiger partial charge on any atom is -0.493 e. The van der Waals surface area contributed by atoms with Gasteiger partial charge in [0.15, 0.2) is 0 Å². The number of amides is 1. The third-order valence-electron chi connectivity index (χ3n) is 4.37. The van der Waals surface area contributed by atoms with Crippen molar-refractivity contribution in [2.75, 3.05) is 13.2 Å². The van der Waals surface area contributed by atoms with Crippen molar-refractivity contribution in [2.24, 2.45) is 0 Å². The highest BCUT2D eigenvalue weighted by Crippen LogP contribution is 2.29. The molecule has 2 aromatic rings. The number of rotatable bonds is 5. The summed E-state index contributed by atoms with van der Waals surface area (Å²) in [5.74, 6) is 0.977. The lowest BCUT2D eigenvalue weighted by atomic mass is 9.97. The van der Waals surface area contributed by atoms with Gasteiger partial charge in [-0.3, -0.25) is 4.79 Å². The van der Waals surface area contributed by atoms with Gasteiger partial charge in [0.25, 0.3) is 5.91 Å². The standard InChI is InChI=1S/C20H23NO2/c1-3-13-23-19-10-6-9-18-17(19)11-12-21(20(18)22)14-16-8-5-4-7-15(16)2/h4-10H,3,11-14H2,1-2H3. The number of benzene rings is 2.